The van der Waals surface area contributed by atoms with Gasteiger partial charge in [-0.15, -0.1) is 0 Å². The standard InChI is InChI=1S/C13H25N3O2/c1-4-18-13(17)12(16-9-5-6-10-16)15-14-8-7-11(2)3/h11,14H,4-10H2,1-3H3/b15-12+. The van der Waals surface area contributed by atoms with Crippen molar-refractivity contribution in [1.82, 2.24) is 10.3 Å². The van der Waals surface area contributed by atoms with Gasteiger partial charge in [-0.3, -0.25) is 0 Å². The number of carbonyl (C=O) groups is 1. The highest BCUT2D eigenvalue weighted by atomic mass is 16.5. The maximum Gasteiger partial charge on any atom is 0.375 e. The molecule has 0 aromatic carbocycles. The largest absolute Gasteiger partial charge is 0.460 e. The molecule has 0 amide bonds. The SMILES string of the molecule is CCOC(=O)/C(=N\NCCC(C)C)N1CCCC1. The number of amidine groups is 1. The lowest BCUT2D eigenvalue weighted by Crippen LogP contribution is -2.37. The highest BCUT2D eigenvalue weighted by Gasteiger charge is 2.23. The topological polar surface area (TPSA) is 53.9 Å². The van der Waals surface area contributed by atoms with Crippen LogP contribution in [0.4, 0.5) is 0 Å². The molecule has 1 saturated heterocycles. The molecular formula is C13H25N3O2. The minimum Gasteiger partial charge on any atom is -0.460 e. The van der Waals surface area contributed by atoms with Crippen molar-refractivity contribution in [1.29, 1.82) is 0 Å². The van der Waals surface area contributed by atoms with E-state index in [9.17, 15) is 4.79 Å². The van der Waals surface area contributed by atoms with Crippen molar-refractivity contribution in [2.24, 2.45) is 11.0 Å². The number of hydrogen-bond acceptors (Lipinski definition) is 4. The summed E-state index contributed by atoms with van der Waals surface area (Å²) in [5, 5.41) is 4.21. The van der Waals surface area contributed by atoms with Crippen LogP contribution in [0.3, 0.4) is 0 Å². The molecule has 5 nitrogen and oxygen atoms in total. The fourth-order valence-corrected chi connectivity index (χ4v) is 1.85. The summed E-state index contributed by atoms with van der Waals surface area (Å²) in [4.78, 5) is 13.8. The Kier molecular flexibility index (Phi) is 6.54. The van der Waals surface area contributed by atoms with Crippen LogP contribution in [-0.2, 0) is 9.53 Å². The van der Waals surface area contributed by atoms with Gasteiger partial charge in [-0.05, 0) is 32.1 Å². The summed E-state index contributed by atoms with van der Waals surface area (Å²) in [5.41, 5.74) is 2.98. The molecule has 0 aromatic rings. The van der Waals surface area contributed by atoms with Crippen molar-refractivity contribution < 1.29 is 9.53 Å². The van der Waals surface area contributed by atoms with Crippen LogP contribution in [0.1, 0.15) is 40.0 Å². The summed E-state index contributed by atoms with van der Waals surface area (Å²) >= 11 is 0. The molecule has 0 unspecified atom stereocenters. The van der Waals surface area contributed by atoms with Gasteiger partial charge in [-0.25, -0.2) is 4.79 Å². The third kappa shape index (κ3) is 4.94. The maximum absolute atomic E-state index is 11.8. The minimum atomic E-state index is -0.323. The van der Waals surface area contributed by atoms with Crippen molar-refractivity contribution in [2.75, 3.05) is 26.2 Å². The lowest BCUT2D eigenvalue weighted by atomic mass is 10.1. The maximum atomic E-state index is 11.8. The average Bonchev–Trinajstić information content (AvgIpc) is 2.82. The molecule has 0 aliphatic carbocycles. The van der Waals surface area contributed by atoms with Crippen molar-refractivity contribution in [3.05, 3.63) is 0 Å². The van der Waals surface area contributed by atoms with Crippen LogP contribution >= 0.6 is 0 Å². The molecular weight excluding hydrogens is 230 g/mol. The predicted octanol–water partition coefficient (Wildman–Crippen LogP) is 1.59. The summed E-state index contributed by atoms with van der Waals surface area (Å²) in [6, 6.07) is 0. The molecule has 1 rings (SSSR count). The quantitative estimate of drug-likeness (QED) is 0.266. The smallest absolute Gasteiger partial charge is 0.375 e. The van der Waals surface area contributed by atoms with Crippen molar-refractivity contribution >= 4 is 11.8 Å². The van der Waals surface area contributed by atoms with Gasteiger partial charge in [0.2, 0.25) is 5.84 Å². The van der Waals surface area contributed by atoms with E-state index in [1.54, 1.807) is 0 Å². The molecule has 0 atom stereocenters. The molecule has 1 aliphatic heterocycles. The number of rotatable bonds is 5. The van der Waals surface area contributed by atoms with Crippen LogP contribution in [0.2, 0.25) is 0 Å². The fraction of sp³-hybridized carbons (Fsp3) is 0.846. The molecule has 0 bridgehead atoms. The Balaban J connectivity index is 2.52. The summed E-state index contributed by atoms with van der Waals surface area (Å²) in [7, 11) is 0. The van der Waals surface area contributed by atoms with Gasteiger partial charge in [-0.2, -0.15) is 5.10 Å². The van der Waals surface area contributed by atoms with Gasteiger partial charge in [-0.1, -0.05) is 13.8 Å². The van der Waals surface area contributed by atoms with Crippen molar-refractivity contribution in [3.63, 3.8) is 0 Å². The predicted molar refractivity (Wildman–Crippen MR) is 72.3 cm³/mol. The second-order valence-electron chi connectivity index (χ2n) is 4.94. The Hall–Kier alpha value is -1.26. The average molecular weight is 255 g/mol. The van der Waals surface area contributed by atoms with Gasteiger partial charge in [0.05, 0.1) is 6.61 Å². The van der Waals surface area contributed by atoms with Crippen LogP contribution in [0.5, 0.6) is 0 Å². The Morgan fingerprint density at radius 1 is 1.39 bits per heavy atom. The van der Waals surface area contributed by atoms with Gasteiger partial charge >= 0.3 is 5.97 Å². The van der Waals surface area contributed by atoms with Crippen LogP contribution < -0.4 is 5.43 Å². The number of nitrogens with one attached hydrogen (secondary N) is 1. The van der Waals surface area contributed by atoms with E-state index in [1.165, 1.54) is 0 Å². The van der Waals surface area contributed by atoms with E-state index in [0.717, 1.165) is 38.9 Å². The number of hydrazone groups is 1. The first kappa shape index (κ1) is 14.8. The Morgan fingerprint density at radius 2 is 2.06 bits per heavy atom. The summed E-state index contributed by atoms with van der Waals surface area (Å²) < 4.78 is 5.04. The lowest BCUT2D eigenvalue weighted by Gasteiger charge is -2.18. The van der Waals surface area contributed by atoms with E-state index in [-0.39, 0.29) is 5.97 Å². The Labute approximate surface area is 110 Å². The number of carbonyl (C=O) groups excluding carboxylic acids is 1. The first-order valence-corrected chi connectivity index (χ1v) is 6.87. The first-order valence-electron chi connectivity index (χ1n) is 6.87. The zero-order valence-corrected chi connectivity index (χ0v) is 11.7. The van der Waals surface area contributed by atoms with Gasteiger partial charge < -0.3 is 15.1 Å². The van der Waals surface area contributed by atoms with Gasteiger partial charge in [0.15, 0.2) is 0 Å². The van der Waals surface area contributed by atoms with E-state index < -0.39 is 0 Å². The molecule has 5 heteroatoms. The normalized spacial score (nSPS) is 16.2. The van der Waals surface area contributed by atoms with E-state index in [4.69, 9.17) is 4.74 Å². The van der Waals surface area contributed by atoms with Crippen LogP contribution in [-0.4, -0.2) is 42.9 Å². The first-order chi connectivity index (χ1) is 8.65. The van der Waals surface area contributed by atoms with Crippen LogP contribution in [0.15, 0.2) is 5.10 Å². The van der Waals surface area contributed by atoms with Crippen LogP contribution in [0.25, 0.3) is 0 Å². The zero-order valence-electron chi connectivity index (χ0n) is 11.7. The number of likely N-dealkylation sites (tertiary alicyclic amines) is 1. The van der Waals surface area contributed by atoms with E-state index >= 15 is 0 Å². The molecule has 104 valence electrons. The van der Waals surface area contributed by atoms with Gasteiger partial charge in [0.25, 0.3) is 0 Å². The molecule has 1 heterocycles. The summed E-state index contributed by atoms with van der Waals surface area (Å²) in [5.74, 6) is 0.736. The lowest BCUT2D eigenvalue weighted by molar-refractivity contribution is -0.135. The Bertz CT molecular complexity index is 284. The minimum absolute atomic E-state index is 0.323. The van der Waals surface area contributed by atoms with Crippen molar-refractivity contribution in [3.8, 4) is 0 Å². The molecule has 0 spiro atoms. The van der Waals surface area contributed by atoms with E-state index in [0.29, 0.717) is 18.4 Å². The molecule has 0 saturated carbocycles. The fourth-order valence-electron chi connectivity index (χ4n) is 1.85. The highest BCUT2D eigenvalue weighted by Crippen LogP contribution is 2.09. The molecule has 18 heavy (non-hydrogen) atoms. The van der Waals surface area contributed by atoms with Gasteiger partial charge in [0.1, 0.15) is 0 Å². The molecule has 1 N–H and O–H groups in total. The van der Waals surface area contributed by atoms with E-state index in [2.05, 4.69) is 24.4 Å². The van der Waals surface area contributed by atoms with Gasteiger partial charge in [0, 0.05) is 19.6 Å². The summed E-state index contributed by atoms with van der Waals surface area (Å²) in [6.07, 6.45) is 3.27. The number of nitrogens with zero attached hydrogens (tertiary/aromatic N) is 2. The molecule has 1 aliphatic rings. The molecule has 1 fully saturated rings. The molecule has 0 radical (unpaired) electrons. The summed E-state index contributed by atoms with van der Waals surface area (Å²) in [6.45, 7) is 9.10. The second kappa shape index (κ2) is 7.95. The Morgan fingerprint density at radius 3 is 2.61 bits per heavy atom. The van der Waals surface area contributed by atoms with E-state index in [1.807, 2.05) is 11.8 Å². The highest BCUT2D eigenvalue weighted by molar-refractivity contribution is 6.35. The third-order valence-electron chi connectivity index (χ3n) is 2.88. The molecule has 0 aromatic heterocycles. The van der Waals surface area contributed by atoms with Crippen LogP contribution in [0, 0.1) is 5.92 Å². The third-order valence-corrected chi connectivity index (χ3v) is 2.88. The zero-order chi connectivity index (χ0) is 13.4. The monoisotopic (exact) mass is 255 g/mol. The second-order valence-corrected chi connectivity index (χ2v) is 4.94. The number of esters is 1. The number of ether oxygens (including phenoxy) is 1. The number of hydrogen-bond donors (Lipinski definition) is 1. The van der Waals surface area contributed by atoms with Crippen molar-refractivity contribution in [2.45, 2.75) is 40.0 Å².